The quantitative estimate of drug-likeness (QED) is 0.617. The van der Waals surface area contributed by atoms with Gasteiger partial charge in [-0.3, -0.25) is 9.59 Å². The third-order valence-electron chi connectivity index (χ3n) is 6.49. The first-order valence-corrected chi connectivity index (χ1v) is 7.16. The zero-order valence-corrected chi connectivity index (χ0v) is 11.1. The van der Waals surface area contributed by atoms with E-state index in [4.69, 9.17) is 4.74 Å². The second kappa shape index (κ2) is 3.00. The minimum absolute atomic E-state index is 0.00530. The summed E-state index contributed by atoms with van der Waals surface area (Å²) < 4.78 is 5.30. The van der Waals surface area contributed by atoms with Crippen molar-refractivity contribution in [3.8, 4) is 0 Å². The van der Waals surface area contributed by atoms with Crippen LogP contribution in [0.3, 0.4) is 0 Å². The van der Waals surface area contributed by atoms with Crippen molar-refractivity contribution in [2.75, 3.05) is 6.61 Å². The predicted octanol–water partition coefficient (Wildman–Crippen LogP) is 2.19. The zero-order valence-electron chi connectivity index (χ0n) is 11.1. The minimum atomic E-state index is -0.0289. The van der Waals surface area contributed by atoms with Crippen LogP contribution in [0.1, 0.15) is 39.5 Å². The zero-order chi connectivity index (χ0) is 12.7. The lowest BCUT2D eigenvalue weighted by Gasteiger charge is -2.47. The van der Waals surface area contributed by atoms with E-state index in [1.807, 2.05) is 0 Å². The predicted molar refractivity (Wildman–Crippen MR) is 64.6 cm³/mol. The van der Waals surface area contributed by atoms with E-state index in [1.54, 1.807) is 0 Å². The molecule has 2 bridgehead atoms. The fourth-order valence-electron chi connectivity index (χ4n) is 6.03. The first-order chi connectivity index (χ1) is 8.47. The van der Waals surface area contributed by atoms with Gasteiger partial charge in [-0.1, -0.05) is 13.8 Å². The highest BCUT2D eigenvalue weighted by molar-refractivity contribution is 5.89. The van der Waals surface area contributed by atoms with Gasteiger partial charge >= 0.3 is 5.97 Å². The molecule has 1 saturated heterocycles. The van der Waals surface area contributed by atoms with Gasteiger partial charge in [0.05, 0.1) is 11.8 Å². The summed E-state index contributed by atoms with van der Waals surface area (Å²) >= 11 is 0. The first-order valence-electron chi connectivity index (χ1n) is 7.16. The molecule has 3 nitrogen and oxygen atoms in total. The van der Waals surface area contributed by atoms with E-state index in [0.29, 0.717) is 30.6 Å². The summed E-state index contributed by atoms with van der Waals surface area (Å²) in [5, 5.41) is 0. The summed E-state index contributed by atoms with van der Waals surface area (Å²) in [6.45, 7) is 5.01. The van der Waals surface area contributed by atoms with Gasteiger partial charge < -0.3 is 4.74 Å². The molecule has 4 rings (SSSR count). The van der Waals surface area contributed by atoms with Crippen LogP contribution in [-0.2, 0) is 14.3 Å². The number of ether oxygens (including phenoxy) is 1. The number of cyclic esters (lactones) is 1. The molecule has 3 saturated carbocycles. The van der Waals surface area contributed by atoms with Crippen molar-refractivity contribution in [1.82, 2.24) is 0 Å². The largest absolute Gasteiger partial charge is 0.465 e. The lowest BCUT2D eigenvalue weighted by atomic mass is 9.58. The number of rotatable bonds is 0. The molecule has 3 heteroatoms. The van der Waals surface area contributed by atoms with Crippen LogP contribution >= 0.6 is 0 Å². The maximum Gasteiger partial charge on any atom is 0.309 e. The smallest absolute Gasteiger partial charge is 0.309 e. The van der Waals surface area contributed by atoms with Gasteiger partial charge in [0.1, 0.15) is 12.4 Å². The Kier molecular flexibility index (Phi) is 1.83. The van der Waals surface area contributed by atoms with Crippen LogP contribution in [0.25, 0.3) is 0 Å². The molecule has 1 spiro atoms. The molecule has 18 heavy (non-hydrogen) atoms. The highest BCUT2D eigenvalue weighted by atomic mass is 16.5. The lowest BCUT2D eigenvalue weighted by Crippen LogP contribution is -2.51. The van der Waals surface area contributed by atoms with Gasteiger partial charge in [-0.05, 0) is 36.5 Å². The van der Waals surface area contributed by atoms with Crippen LogP contribution in [0.5, 0.6) is 0 Å². The Morgan fingerprint density at radius 1 is 1.11 bits per heavy atom. The number of carbonyl (C=O) groups is 2. The van der Waals surface area contributed by atoms with E-state index < -0.39 is 0 Å². The Hall–Kier alpha value is -0.860. The highest BCUT2D eigenvalue weighted by Crippen LogP contribution is 2.73. The molecule has 0 aromatic carbocycles. The number of Topliss-reactive ketones (excluding diaryl/α,β-unsaturated/α-hetero) is 1. The third-order valence-corrected chi connectivity index (χ3v) is 6.49. The summed E-state index contributed by atoms with van der Waals surface area (Å²) in [5.41, 5.74) is 0.259. The van der Waals surface area contributed by atoms with E-state index in [9.17, 15) is 9.59 Å². The average molecular weight is 248 g/mol. The molecule has 0 amide bonds. The molecule has 0 N–H and O–H groups in total. The monoisotopic (exact) mass is 248 g/mol. The second-order valence-electron chi connectivity index (χ2n) is 7.47. The summed E-state index contributed by atoms with van der Waals surface area (Å²) in [6.07, 6.45) is 3.78. The summed E-state index contributed by atoms with van der Waals surface area (Å²) in [6, 6.07) is 0. The van der Waals surface area contributed by atoms with Crippen molar-refractivity contribution in [3.63, 3.8) is 0 Å². The van der Waals surface area contributed by atoms with E-state index in [0.717, 1.165) is 19.3 Å². The molecule has 1 heterocycles. The Balaban J connectivity index is 1.90. The van der Waals surface area contributed by atoms with Gasteiger partial charge in [-0.25, -0.2) is 0 Å². The maximum atomic E-state index is 12.3. The first kappa shape index (κ1) is 11.0. The number of esters is 1. The topological polar surface area (TPSA) is 43.4 Å². The molecule has 0 aromatic rings. The fourth-order valence-corrected chi connectivity index (χ4v) is 6.03. The minimum Gasteiger partial charge on any atom is -0.465 e. The standard InChI is InChI=1S/C15H20O3/c1-14(2)7-15-9-4-3-8(14)10(15)5-12(16)11(15)6-18-13(9)17/h8-11H,3-7H2,1-2H3/t8-,9+,10+,11+,15-/m1/s1. The van der Waals surface area contributed by atoms with Gasteiger partial charge in [0.2, 0.25) is 0 Å². The third kappa shape index (κ3) is 0.996. The van der Waals surface area contributed by atoms with E-state index in [2.05, 4.69) is 13.8 Å². The fraction of sp³-hybridized carbons (Fsp3) is 0.867. The van der Waals surface area contributed by atoms with Crippen molar-refractivity contribution in [3.05, 3.63) is 0 Å². The number of carbonyl (C=O) groups excluding carboxylic acids is 2. The summed E-state index contributed by atoms with van der Waals surface area (Å²) in [4.78, 5) is 24.4. The Morgan fingerprint density at radius 3 is 2.67 bits per heavy atom. The van der Waals surface area contributed by atoms with Gasteiger partial charge in [0, 0.05) is 11.8 Å². The van der Waals surface area contributed by atoms with Crippen molar-refractivity contribution in [2.45, 2.75) is 39.5 Å². The number of hydrogen-bond donors (Lipinski definition) is 0. The molecular formula is C15H20O3. The van der Waals surface area contributed by atoms with Crippen molar-refractivity contribution in [2.24, 2.45) is 34.5 Å². The molecule has 0 unspecified atom stereocenters. The lowest BCUT2D eigenvalue weighted by molar-refractivity contribution is -0.175. The second-order valence-corrected chi connectivity index (χ2v) is 7.47. The van der Waals surface area contributed by atoms with Crippen molar-refractivity contribution >= 4 is 11.8 Å². The molecule has 1 aliphatic heterocycles. The molecular weight excluding hydrogens is 228 g/mol. The summed E-state index contributed by atoms with van der Waals surface area (Å²) in [7, 11) is 0. The van der Waals surface area contributed by atoms with Gasteiger partial charge in [0.25, 0.3) is 0 Å². The number of hydrogen-bond acceptors (Lipinski definition) is 3. The van der Waals surface area contributed by atoms with Crippen LogP contribution in [-0.4, -0.2) is 18.4 Å². The Morgan fingerprint density at radius 2 is 1.89 bits per heavy atom. The molecule has 4 aliphatic rings. The van der Waals surface area contributed by atoms with Crippen LogP contribution < -0.4 is 0 Å². The maximum absolute atomic E-state index is 12.3. The van der Waals surface area contributed by atoms with Crippen LogP contribution in [0.2, 0.25) is 0 Å². The molecule has 0 aromatic heterocycles. The normalized spacial score (nSPS) is 52.1. The SMILES string of the molecule is CC1(C)C[C@@]23[C@H]4COC(=O)[C@@H]2CC[C@@H]1[C@@H]3CC4=O. The van der Waals surface area contributed by atoms with Crippen LogP contribution in [0, 0.1) is 34.5 Å². The van der Waals surface area contributed by atoms with Gasteiger partial charge in [-0.15, -0.1) is 0 Å². The molecule has 3 aliphatic carbocycles. The molecule has 5 atom stereocenters. The van der Waals surface area contributed by atoms with Gasteiger partial charge in [-0.2, -0.15) is 0 Å². The molecule has 98 valence electrons. The van der Waals surface area contributed by atoms with Crippen LogP contribution in [0.4, 0.5) is 0 Å². The number of ketones is 1. The summed E-state index contributed by atoms with van der Waals surface area (Å²) in [5.74, 6) is 1.44. The Labute approximate surface area is 107 Å². The van der Waals surface area contributed by atoms with Crippen molar-refractivity contribution in [1.29, 1.82) is 0 Å². The highest BCUT2D eigenvalue weighted by Gasteiger charge is 2.72. The van der Waals surface area contributed by atoms with Crippen LogP contribution in [0.15, 0.2) is 0 Å². The van der Waals surface area contributed by atoms with E-state index >= 15 is 0 Å². The average Bonchev–Trinajstić information content (AvgIpc) is 2.60. The van der Waals surface area contributed by atoms with E-state index in [-0.39, 0.29) is 28.6 Å². The van der Waals surface area contributed by atoms with Crippen molar-refractivity contribution < 1.29 is 14.3 Å². The molecule has 0 radical (unpaired) electrons. The molecule has 4 fully saturated rings. The van der Waals surface area contributed by atoms with Gasteiger partial charge in [0.15, 0.2) is 0 Å². The Bertz CT molecular complexity index is 451. The van der Waals surface area contributed by atoms with E-state index in [1.165, 1.54) is 0 Å².